The lowest BCUT2D eigenvalue weighted by Gasteiger charge is -2.38. The van der Waals surface area contributed by atoms with Crippen LogP contribution in [0.1, 0.15) is 13.8 Å². The highest BCUT2D eigenvalue weighted by Crippen LogP contribution is 2.21. The SMILES string of the molecule is CCOC(=O)OCC1OC(C)C(O)C(O)C1O. The highest BCUT2D eigenvalue weighted by atomic mass is 16.7. The molecule has 1 rings (SSSR count). The van der Waals surface area contributed by atoms with E-state index in [1.54, 1.807) is 13.8 Å². The van der Waals surface area contributed by atoms with Crippen LogP contribution in [0.15, 0.2) is 0 Å². The van der Waals surface area contributed by atoms with Crippen molar-refractivity contribution in [2.45, 2.75) is 44.4 Å². The largest absolute Gasteiger partial charge is 0.508 e. The van der Waals surface area contributed by atoms with Gasteiger partial charge in [0.25, 0.3) is 0 Å². The van der Waals surface area contributed by atoms with Crippen molar-refractivity contribution in [1.29, 1.82) is 0 Å². The first-order chi connectivity index (χ1) is 7.97. The summed E-state index contributed by atoms with van der Waals surface area (Å²) in [7, 11) is 0. The molecule has 0 amide bonds. The second-order valence-corrected chi connectivity index (χ2v) is 3.85. The van der Waals surface area contributed by atoms with Gasteiger partial charge in [0, 0.05) is 0 Å². The Bertz CT molecular complexity index is 257. The molecule has 0 radical (unpaired) electrons. The molecule has 1 fully saturated rings. The van der Waals surface area contributed by atoms with Crippen molar-refractivity contribution in [3.63, 3.8) is 0 Å². The third kappa shape index (κ3) is 3.53. The van der Waals surface area contributed by atoms with Gasteiger partial charge in [0.2, 0.25) is 0 Å². The number of hydrogen-bond donors (Lipinski definition) is 3. The zero-order valence-corrected chi connectivity index (χ0v) is 9.78. The van der Waals surface area contributed by atoms with Gasteiger partial charge in [0.1, 0.15) is 31.0 Å². The molecule has 17 heavy (non-hydrogen) atoms. The van der Waals surface area contributed by atoms with Crippen molar-refractivity contribution >= 4 is 6.16 Å². The Labute approximate surface area is 98.9 Å². The Hall–Kier alpha value is -0.890. The second-order valence-electron chi connectivity index (χ2n) is 3.85. The molecule has 3 N–H and O–H groups in total. The molecule has 5 unspecified atom stereocenters. The minimum atomic E-state index is -1.32. The van der Waals surface area contributed by atoms with Gasteiger partial charge in [-0.15, -0.1) is 0 Å². The van der Waals surface area contributed by atoms with Crippen LogP contribution in [0.25, 0.3) is 0 Å². The van der Waals surface area contributed by atoms with Gasteiger partial charge in [0.15, 0.2) is 0 Å². The van der Waals surface area contributed by atoms with E-state index < -0.39 is 36.7 Å². The van der Waals surface area contributed by atoms with E-state index in [-0.39, 0.29) is 13.2 Å². The van der Waals surface area contributed by atoms with Gasteiger partial charge in [0.05, 0.1) is 12.7 Å². The van der Waals surface area contributed by atoms with Crippen LogP contribution in [0.5, 0.6) is 0 Å². The molecule has 0 aromatic rings. The number of aliphatic hydroxyl groups excluding tert-OH is 3. The summed E-state index contributed by atoms with van der Waals surface area (Å²) in [6.07, 6.45) is -6.19. The van der Waals surface area contributed by atoms with Crippen molar-refractivity contribution in [1.82, 2.24) is 0 Å². The highest BCUT2D eigenvalue weighted by Gasteiger charge is 2.42. The van der Waals surface area contributed by atoms with E-state index in [1.807, 2.05) is 0 Å². The summed E-state index contributed by atoms with van der Waals surface area (Å²) in [4.78, 5) is 10.9. The third-order valence-corrected chi connectivity index (χ3v) is 2.58. The normalized spacial score (nSPS) is 37.6. The van der Waals surface area contributed by atoms with Crippen molar-refractivity contribution < 1.29 is 34.3 Å². The zero-order chi connectivity index (χ0) is 13.0. The fourth-order valence-electron chi connectivity index (χ4n) is 1.58. The van der Waals surface area contributed by atoms with Crippen molar-refractivity contribution in [3.8, 4) is 0 Å². The lowest BCUT2D eigenvalue weighted by molar-refractivity contribution is -0.225. The minimum absolute atomic E-state index is 0.185. The van der Waals surface area contributed by atoms with Crippen LogP contribution in [0.4, 0.5) is 4.79 Å². The molecular weight excluding hydrogens is 232 g/mol. The van der Waals surface area contributed by atoms with Gasteiger partial charge >= 0.3 is 6.16 Å². The summed E-state index contributed by atoms with van der Waals surface area (Å²) in [5.41, 5.74) is 0. The molecule has 100 valence electrons. The van der Waals surface area contributed by atoms with Crippen LogP contribution >= 0.6 is 0 Å². The first kappa shape index (κ1) is 14.2. The van der Waals surface area contributed by atoms with Crippen molar-refractivity contribution in [2.75, 3.05) is 13.2 Å². The highest BCUT2D eigenvalue weighted by molar-refractivity contribution is 5.59. The number of carbonyl (C=O) groups excluding carboxylic acids is 1. The monoisotopic (exact) mass is 250 g/mol. The average molecular weight is 250 g/mol. The molecule has 0 aromatic carbocycles. The Morgan fingerprint density at radius 1 is 1.18 bits per heavy atom. The summed E-state index contributed by atoms with van der Waals surface area (Å²) < 4.78 is 14.4. The molecule has 5 atom stereocenters. The van der Waals surface area contributed by atoms with E-state index >= 15 is 0 Å². The molecule has 0 aromatic heterocycles. The average Bonchev–Trinajstić information content (AvgIpc) is 2.30. The Morgan fingerprint density at radius 3 is 2.41 bits per heavy atom. The fourth-order valence-corrected chi connectivity index (χ4v) is 1.58. The summed E-state index contributed by atoms with van der Waals surface area (Å²) in [6, 6.07) is 0. The van der Waals surface area contributed by atoms with Crippen LogP contribution in [-0.4, -0.2) is 65.2 Å². The molecule has 1 saturated heterocycles. The second kappa shape index (κ2) is 6.15. The summed E-state index contributed by atoms with van der Waals surface area (Å²) >= 11 is 0. The predicted octanol–water partition coefficient (Wildman–Crippen LogP) is -0.971. The molecule has 7 heteroatoms. The standard InChI is InChI=1S/C10H18O7/c1-3-15-10(14)16-4-6-8(12)9(13)7(11)5(2)17-6/h5-9,11-13H,3-4H2,1-2H3. The number of ether oxygens (including phenoxy) is 3. The molecule has 0 saturated carbocycles. The third-order valence-electron chi connectivity index (χ3n) is 2.58. The van der Waals surface area contributed by atoms with E-state index in [0.717, 1.165) is 0 Å². The van der Waals surface area contributed by atoms with Crippen LogP contribution in [0, 0.1) is 0 Å². The Morgan fingerprint density at radius 2 is 1.82 bits per heavy atom. The van der Waals surface area contributed by atoms with Gasteiger partial charge in [-0.25, -0.2) is 4.79 Å². The van der Waals surface area contributed by atoms with E-state index in [2.05, 4.69) is 9.47 Å². The summed E-state index contributed by atoms with van der Waals surface area (Å²) in [6.45, 7) is 3.13. The molecule has 0 aliphatic carbocycles. The molecule has 0 spiro atoms. The lowest BCUT2D eigenvalue weighted by Crippen LogP contribution is -2.57. The van der Waals surface area contributed by atoms with Gasteiger partial charge in [-0.3, -0.25) is 0 Å². The molecule has 1 aliphatic heterocycles. The number of rotatable bonds is 3. The topological polar surface area (TPSA) is 105 Å². The van der Waals surface area contributed by atoms with E-state index in [4.69, 9.17) is 4.74 Å². The Balaban J connectivity index is 2.45. The van der Waals surface area contributed by atoms with Crippen molar-refractivity contribution in [3.05, 3.63) is 0 Å². The van der Waals surface area contributed by atoms with Gasteiger partial charge in [-0.05, 0) is 13.8 Å². The van der Waals surface area contributed by atoms with Gasteiger partial charge in [-0.2, -0.15) is 0 Å². The van der Waals surface area contributed by atoms with Crippen LogP contribution in [0.2, 0.25) is 0 Å². The van der Waals surface area contributed by atoms with E-state index in [0.29, 0.717) is 0 Å². The maximum absolute atomic E-state index is 10.9. The first-order valence-corrected chi connectivity index (χ1v) is 5.46. The maximum atomic E-state index is 10.9. The van der Waals surface area contributed by atoms with Crippen LogP contribution in [-0.2, 0) is 14.2 Å². The van der Waals surface area contributed by atoms with E-state index in [9.17, 15) is 20.1 Å². The number of hydrogen-bond acceptors (Lipinski definition) is 7. The quantitative estimate of drug-likeness (QED) is 0.553. The predicted molar refractivity (Wildman–Crippen MR) is 55.3 cm³/mol. The molecular formula is C10H18O7. The van der Waals surface area contributed by atoms with E-state index in [1.165, 1.54) is 0 Å². The summed E-state index contributed by atoms with van der Waals surface area (Å²) in [5.74, 6) is 0. The fraction of sp³-hybridized carbons (Fsp3) is 0.900. The summed E-state index contributed by atoms with van der Waals surface area (Å²) in [5, 5.41) is 28.5. The Kier molecular flexibility index (Phi) is 5.13. The minimum Gasteiger partial charge on any atom is -0.435 e. The number of aliphatic hydroxyl groups is 3. The molecule has 1 aliphatic rings. The van der Waals surface area contributed by atoms with Crippen LogP contribution < -0.4 is 0 Å². The smallest absolute Gasteiger partial charge is 0.435 e. The molecule has 1 heterocycles. The maximum Gasteiger partial charge on any atom is 0.508 e. The van der Waals surface area contributed by atoms with Gasteiger partial charge in [-0.1, -0.05) is 0 Å². The van der Waals surface area contributed by atoms with Crippen molar-refractivity contribution in [2.24, 2.45) is 0 Å². The number of carbonyl (C=O) groups is 1. The molecule has 0 bridgehead atoms. The van der Waals surface area contributed by atoms with Gasteiger partial charge < -0.3 is 29.5 Å². The van der Waals surface area contributed by atoms with Crippen LogP contribution in [0.3, 0.4) is 0 Å². The first-order valence-electron chi connectivity index (χ1n) is 5.46. The lowest BCUT2D eigenvalue weighted by atomic mass is 9.96. The molecule has 7 nitrogen and oxygen atoms in total. The zero-order valence-electron chi connectivity index (χ0n) is 9.78.